The molecule has 0 atom stereocenters. The molecule has 3 N–H and O–H groups in total. The topological polar surface area (TPSA) is 109 Å². The zero-order chi connectivity index (χ0) is 26.6. The van der Waals surface area contributed by atoms with Gasteiger partial charge >= 0.3 is 0 Å². The summed E-state index contributed by atoms with van der Waals surface area (Å²) in [6.45, 7) is 3.13. The first kappa shape index (κ1) is 25.0. The Labute approximate surface area is 222 Å². The lowest BCUT2D eigenvalue weighted by Crippen LogP contribution is -2.15. The molecular formula is C28H23FN6O2S. The summed E-state index contributed by atoms with van der Waals surface area (Å²) in [5.74, 6) is -0.142. The molecule has 0 spiro atoms. The van der Waals surface area contributed by atoms with Crippen LogP contribution in [0.5, 0.6) is 0 Å². The van der Waals surface area contributed by atoms with Crippen molar-refractivity contribution < 1.29 is 14.0 Å². The highest BCUT2D eigenvalue weighted by Gasteiger charge is 2.18. The van der Waals surface area contributed by atoms with Gasteiger partial charge < -0.3 is 16.0 Å². The highest BCUT2D eigenvalue weighted by atomic mass is 32.1. The quantitative estimate of drug-likeness (QED) is 0.226. The van der Waals surface area contributed by atoms with Crippen molar-refractivity contribution in [3.8, 4) is 0 Å². The van der Waals surface area contributed by atoms with Crippen molar-refractivity contribution in [2.24, 2.45) is 0 Å². The van der Waals surface area contributed by atoms with Crippen molar-refractivity contribution in [2.75, 3.05) is 16.0 Å². The van der Waals surface area contributed by atoms with E-state index in [1.54, 1.807) is 54.0 Å². The summed E-state index contributed by atoms with van der Waals surface area (Å²) in [5, 5.41) is 10.6. The summed E-state index contributed by atoms with van der Waals surface area (Å²) in [5.41, 5.74) is 5.20. The first-order valence-electron chi connectivity index (χ1n) is 11.7. The van der Waals surface area contributed by atoms with E-state index in [-0.39, 0.29) is 11.8 Å². The van der Waals surface area contributed by atoms with Gasteiger partial charge in [0.1, 0.15) is 13.0 Å². The zero-order valence-corrected chi connectivity index (χ0v) is 21.4. The number of benzene rings is 2. The molecule has 10 heteroatoms. The van der Waals surface area contributed by atoms with Crippen LogP contribution in [0.2, 0.25) is 0 Å². The molecule has 190 valence electrons. The largest absolute Gasteiger partial charge is 0.338 e. The van der Waals surface area contributed by atoms with E-state index < -0.39 is 6.67 Å². The number of aryl methyl sites for hydroxylation is 2. The predicted octanol–water partition coefficient (Wildman–Crippen LogP) is 6.42. The Morgan fingerprint density at radius 1 is 0.921 bits per heavy atom. The van der Waals surface area contributed by atoms with E-state index >= 15 is 0 Å². The van der Waals surface area contributed by atoms with Crippen LogP contribution in [0.25, 0.3) is 10.2 Å². The van der Waals surface area contributed by atoms with E-state index in [9.17, 15) is 14.0 Å². The molecule has 2 aromatic carbocycles. The van der Waals surface area contributed by atoms with Crippen molar-refractivity contribution in [3.63, 3.8) is 0 Å². The maximum absolute atomic E-state index is 13.3. The van der Waals surface area contributed by atoms with E-state index in [1.807, 2.05) is 26.0 Å². The first-order chi connectivity index (χ1) is 18.4. The van der Waals surface area contributed by atoms with Crippen molar-refractivity contribution >= 4 is 56.2 Å². The molecule has 0 aliphatic heterocycles. The minimum absolute atomic E-state index is 0.353. The Balaban J connectivity index is 1.36. The number of amides is 2. The molecule has 5 aromatic rings. The molecule has 0 unspecified atom stereocenters. The predicted molar refractivity (Wildman–Crippen MR) is 148 cm³/mol. The highest BCUT2D eigenvalue weighted by Crippen LogP contribution is 2.31. The van der Waals surface area contributed by atoms with Crippen LogP contribution in [-0.2, 0) is 6.67 Å². The molecule has 0 fully saturated rings. The normalized spacial score (nSPS) is 10.8. The molecule has 0 radical (unpaired) electrons. The molecular weight excluding hydrogens is 503 g/mol. The number of rotatable bonds is 7. The number of fused-ring (bicyclic) bond motifs is 1. The molecule has 0 aliphatic rings. The van der Waals surface area contributed by atoms with Crippen LogP contribution in [-0.4, -0.2) is 26.8 Å². The van der Waals surface area contributed by atoms with Crippen molar-refractivity contribution in [1.82, 2.24) is 15.0 Å². The monoisotopic (exact) mass is 526 g/mol. The van der Waals surface area contributed by atoms with Crippen LogP contribution in [0, 0.1) is 13.8 Å². The lowest BCUT2D eigenvalue weighted by Gasteiger charge is -2.11. The second kappa shape index (κ2) is 10.7. The maximum atomic E-state index is 13.3. The Morgan fingerprint density at radius 3 is 2.58 bits per heavy atom. The maximum Gasteiger partial charge on any atom is 0.258 e. The number of anilines is 4. The SMILES string of the molecule is Cc1ccc(Nc2ncnc3c(C(=O)Nc4cc(C(=O)Nc5cccc(CF)c5)ccc4C)csc23)cn1. The number of alkyl halides is 1. The third kappa shape index (κ3) is 5.35. The number of hydrogen-bond acceptors (Lipinski definition) is 7. The van der Waals surface area contributed by atoms with E-state index in [4.69, 9.17) is 0 Å². The molecule has 0 aliphatic carbocycles. The lowest BCUT2D eigenvalue weighted by molar-refractivity contribution is 0.101. The fourth-order valence-electron chi connectivity index (χ4n) is 3.80. The van der Waals surface area contributed by atoms with Gasteiger partial charge in [-0.05, 0) is 61.4 Å². The van der Waals surface area contributed by atoms with Crippen molar-refractivity contribution in [1.29, 1.82) is 0 Å². The van der Waals surface area contributed by atoms with Crippen molar-refractivity contribution in [2.45, 2.75) is 20.5 Å². The van der Waals surface area contributed by atoms with Crippen molar-refractivity contribution in [3.05, 3.63) is 100 Å². The third-order valence-electron chi connectivity index (χ3n) is 5.86. The smallest absolute Gasteiger partial charge is 0.258 e. The fraction of sp³-hybridized carbons (Fsp3) is 0.107. The van der Waals surface area contributed by atoms with Gasteiger partial charge in [0.25, 0.3) is 11.8 Å². The van der Waals surface area contributed by atoms with Crippen LogP contribution in [0.4, 0.5) is 27.3 Å². The van der Waals surface area contributed by atoms with Crippen LogP contribution < -0.4 is 16.0 Å². The number of carbonyl (C=O) groups excluding carboxylic acids is 2. The lowest BCUT2D eigenvalue weighted by atomic mass is 10.1. The average molecular weight is 527 g/mol. The number of pyridine rings is 1. The Hall–Kier alpha value is -4.70. The molecule has 0 bridgehead atoms. The molecule has 8 nitrogen and oxygen atoms in total. The van der Waals surface area contributed by atoms with Gasteiger partial charge in [-0.3, -0.25) is 14.6 Å². The Bertz CT molecular complexity index is 1650. The van der Waals surface area contributed by atoms with Gasteiger partial charge in [0, 0.05) is 28.0 Å². The van der Waals surface area contributed by atoms with Gasteiger partial charge in [0.05, 0.1) is 27.7 Å². The van der Waals surface area contributed by atoms with Gasteiger partial charge in [0.15, 0.2) is 5.82 Å². The molecule has 0 saturated heterocycles. The minimum Gasteiger partial charge on any atom is -0.338 e. The number of hydrogen-bond donors (Lipinski definition) is 3. The fourth-order valence-corrected chi connectivity index (χ4v) is 4.75. The molecule has 5 rings (SSSR count). The van der Waals surface area contributed by atoms with E-state index in [0.717, 1.165) is 21.6 Å². The molecule has 3 aromatic heterocycles. The summed E-state index contributed by atoms with van der Waals surface area (Å²) < 4.78 is 13.7. The van der Waals surface area contributed by atoms with Gasteiger partial charge in [-0.2, -0.15) is 0 Å². The number of thiophene rings is 1. The highest BCUT2D eigenvalue weighted by molar-refractivity contribution is 7.18. The first-order valence-corrected chi connectivity index (χ1v) is 12.6. The van der Waals surface area contributed by atoms with Gasteiger partial charge in [-0.15, -0.1) is 11.3 Å². The number of nitrogens with one attached hydrogen (secondary N) is 3. The van der Waals surface area contributed by atoms with Crippen LogP contribution in [0.15, 0.2) is 72.5 Å². The average Bonchev–Trinajstić information content (AvgIpc) is 3.37. The van der Waals surface area contributed by atoms with E-state index in [2.05, 4.69) is 30.9 Å². The number of halogens is 1. The van der Waals surface area contributed by atoms with Gasteiger partial charge in [-0.1, -0.05) is 18.2 Å². The van der Waals surface area contributed by atoms with Gasteiger partial charge in [-0.25, -0.2) is 14.4 Å². The zero-order valence-electron chi connectivity index (χ0n) is 20.6. The molecule has 3 heterocycles. The minimum atomic E-state index is -0.618. The van der Waals surface area contributed by atoms with E-state index in [0.29, 0.717) is 39.4 Å². The van der Waals surface area contributed by atoms with Crippen LogP contribution >= 0.6 is 11.3 Å². The van der Waals surface area contributed by atoms with Crippen LogP contribution in [0.3, 0.4) is 0 Å². The number of nitrogens with zero attached hydrogens (tertiary/aromatic N) is 3. The summed E-state index contributed by atoms with van der Waals surface area (Å²) in [4.78, 5) is 39.0. The Morgan fingerprint density at radius 2 is 1.79 bits per heavy atom. The third-order valence-corrected chi connectivity index (χ3v) is 6.84. The Kier molecular flexibility index (Phi) is 7.05. The second-order valence-electron chi connectivity index (χ2n) is 8.63. The second-order valence-corrected chi connectivity index (χ2v) is 9.51. The molecule has 0 saturated carbocycles. The summed E-state index contributed by atoms with van der Waals surface area (Å²) >= 11 is 1.36. The molecule has 2 amide bonds. The number of aromatic nitrogens is 3. The van der Waals surface area contributed by atoms with Crippen LogP contribution in [0.1, 0.15) is 37.5 Å². The van der Waals surface area contributed by atoms with E-state index in [1.165, 1.54) is 17.7 Å². The molecule has 38 heavy (non-hydrogen) atoms. The number of carbonyl (C=O) groups is 2. The summed E-state index contributed by atoms with van der Waals surface area (Å²) in [6.07, 6.45) is 3.12. The standard InChI is InChI=1S/C28H23FN6O2S/c1-16-6-8-19(27(36)34-20-5-3-4-18(10-20)12-29)11-23(16)35-28(37)22-14-38-25-24(22)31-15-32-26(25)33-21-9-7-17(2)30-13-21/h3-11,13-15H,12H2,1-2H3,(H,34,36)(H,35,37)(H,31,32,33). The summed E-state index contributed by atoms with van der Waals surface area (Å²) in [6, 6.07) is 15.4. The van der Waals surface area contributed by atoms with Gasteiger partial charge in [0.2, 0.25) is 0 Å². The summed E-state index contributed by atoms with van der Waals surface area (Å²) in [7, 11) is 0.